The minimum Gasteiger partial charge on any atom is -0.396 e. The molecular weight excluding hydrogens is 280 g/mol. The van der Waals surface area contributed by atoms with Crippen LogP contribution in [-0.2, 0) is 14.9 Å². The molecule has 2 aliphatic heterocycles. The van der Waals surface area contributed by atoms with Crippen molar-refractivity contribution in [2.75, 3.05) is 32.8 Å². The lowest BCUT2D eigenvalue weighted by Gasteiger charge is -2.31. The van der Waals surface area contributed by atoms with E-state index in [1.165, 1.54) is 4.31 Å². The van der Waals surface area contributed by atoms with Gasteiger partial charge in [0.25, 0.3) is 10.2 Å². The highest BCUT2D eigenvalue weighted by Gasteiger charge is 2.31. The van der Waals surface area contributed by atoms with Gasteiger partial charge in [-0.1, -0.05) is 6.92 Å². The van der Waals surface area contributed by atoms with E-state index in [1.54, 1.807) is 0 Å². The van der Waals surface area contributed by atoms with Gasteiger partial charge >= 0.3 is 0 Å². The van der Waals surface area contributed by atoms with Gasteiger partial charge in [-0.2, -0.15) is 12.7 Å². The first kappa shape index (κ1) is 16.2. The third-order valence-electron chi connectivity index (χ3n) is 4.36. The number of hydrogen-bond acceptors (Lipinski definition) is 4. The minimum absolute atomic E-state index is 0.0559. The molecule has 0 radical (unpaired) electrons. The first-order valence-corrected chi connectivity index (χ1v) is 8.98. The molecule has 0 bridgehead atoms. The molecular formula is C13H26N2O4S. The van der Waals surface area contributed by atoms with E-state index in [0.29, 0.717) is 19.6 Å². The Bertz CT molecular complexity index is 401. The zero-order chi connectivity index (χ0) is 14.6. The molecule has 0 amide bonds. The maximum atomic E-state index is 12.3. The van der Waals surface area contributed by atoms with E-state index in [2.05, 4.69) is 11.6 Å². The van der Waals surface area contributed by atoms with E-state index in [9.17, 15) is 13.5 Å². The van der Waals surface area contributed by atoms with Gasteiger partial charge in [0.15, 0.2) is 0 Å². The van der Waals surface area contributed by atoms with E-state index in [4.69, 9.17) is 4.74 Å². The number of nitrogens with zero attached hydrogens (tertiary/aromatic N) is 1. The van der Waals surface area contributed by atoms with Crippen molar-refractivity contribution in [2.24, 2.45) is 11.8 Å². The molecule has 0 saturated carbocycles. The molecule has 20 heavy (non-hydrogen) atoms. The fourth-order valence-electron chi connectivity index (χ4n) is 3.08. The average molecular weight is 306 g/mol. The van der Waals surface area contributed by atoms with Crippen LogP contribution >= 0.6 is 0 Å². The molecule has 2 heterocycles. The molecule has 0 aliphatic carbocycles. The fraction of sp³-hybridized carbons (Fsp3) is 1.00. The Morgan fingerprint density at radius 1 is 1.40 bits per heavy atom. The van der Waals surface area contributed by atoms with Crippen molar-refractivity contribution in [3.8, 4) is 0 Å². The van der Waals surface area contributed by atoms with Crippen LogP contribution in [0.25, 0.3) is 0 Å². The summed E-state index contributed by atoms with van der Waals surface area (Å²) in [5.74, 6) is 0.340. The highest BCUT2D eigenvalue weighted by molar-refractivity contribution is 7.87. The summed E-state index contributed by atoms with van der Waals surface area (Å²) in [5, 5.41) is 9.19. The zero-order valence-corrected chi connectivity index (χ0v) is 12.9. The van der Waals surface area contributed by atoms with Gasteiger partial charge in [-0.05, 0) is 31.6 Å². The molecule has 2 rings (SSSR count). The number of piperidine rings is 1. The normalized spacial score (nSPS) is 32.6. The maximum Gasteiger partial charge on any atom is 0.279 e. The summed E-state index contributed by atoms with van der Waals surface area (Å²) < 4.78 is 34.3. The Morgan fingerprint density at radius 2 is 2.20 bits per heavy atom. The smallest absolute Gasteiger partial charge is 0.279 e. The van der Waals surface area contributed by atoms with Gasteiger partial charge in [0.2, 0.25) is 0 Å². The Hall–Kier alpha value is -0.210. The quantitative estimate of drug-likeness (QED) is 0.742. The van der Waals surface area contributed by atoms with Crippen LogP contribution in [0.2, 0.25) is 0 Å². The third kappa shape index (κ3) is 3.92. The molecule has 118 valence electrons. The number of hydrogen-bond donors (Lipinski definition) is 2. The zero-order valence-electron chi connectivity index (χ0n) is 12.1. The van der Waals surface area contributed by atoms with Gasteiger partial charge in [0.05, 0.1) is 6.10 Å². The number of rotatable bonds is 6. The summed E-state index contributed by atoms with van der Waals surface area (Å²) in [7, 11) is -3.43. The molecule has 3 atom stereocenters. The average Bonchev–Trinajstić information content (AvgIpc) is 2.93. The van der Waals surface area contributed by atoms with E-state index < -0.39 is 10.2 Å². The van der Waals surface area contributed by atoms with Crippen molar-refractivity contribution in [1.82, 2.24) is 9.03 Å². The summed E-state index contributed by atoms with van der Waals surface area (Å²) in [6.07, 6.45) is 3.72. The highest BCUT2D eigenvalue weighted by atomic mass is 32.2. The van der Waals surface area contributed by atoms with Crippen LogP contribution in [0.5, 0.6) is 0 Å². The maximum absolute atomic E-state index is 12.3. The van der Waals surface area contributed by atoms with Gasteiger partial charge in [-0.25, -0.2) is 4.72 Å². The van der Waals surface area contributed by atoms with Gasteiger partial charge in [0.1, 0.15) is 0 Å². The second-order valence-electron chi connectivity index (χ2n) is 5.77. The van der Waals surface area contributed by atoms with Crippen LogP contribution in [-0.4, -0.2) is 56.8 Å². The first-order chi connectivity index (χ1) is 9.56. The molecule has 0 spiro atoms. The number of aliphatic hydroxyl groups excluding tert-OH is 1. The van der Waals surface area contributed by atoms with E-state index in [1.807, 2.05) is 0 Å². The molecule has 0 aromatic carbocycles. The molecule has 0 aromatic rings. The Balaban J connectivity index is 1.87. The SMILES string of the molecule is CCC1OCCC1CNS(=O)(=O)N1CCCC(CO)C1. The summed E-state index contributed by atoms with van der Waals surface area (Å²) >= 11 is 0. The van der Waals surface area contributed by atoms with E-state index >= 15 is 0 Å². The van der Waals surface area contributed by atoms with Crippen molar-refractivity contribution < 1.29 is 18.3 Å². The lowest BCUT2D eigenvalue weighted by molar-refractivity contribution is 0.0883. The predicted octanol–water partition coefficient (Wildman–Crippen LogP) is 0.340. The lowest BCUT2D eigenvalue weighted by Crippen LogP contribution is -2.48. The molecule has 2 fully saturated rings. The Labute approximate surface area is 121 Å². The van der Waals surface area contributed by atoms with Crippen LogP contribution in [0.1, 0.15) is 32.6 Å². The number of aliphatic hydroxyl groups is 1. The topological polar surface area (TPSA) is 78.9 Å². The summed E-state index contributed by atoms with van der Waals surface area (Å²) in [6.45, 7) is 4.26. The fourth-order valence-corrected chi connectivity index (χ4v) is 4.46. The molecule has 6 nitrogen and oxygen atoms in total. The van der Waals surface area contributed by atoms with Crippen molar-refractivity contribution in [1.29, 1.82) is 0 Å². The largest absolute Gasteiger partial charge is 0.396 e. The van der Waals surface area contributed by atoms with Crippen molar-refractivity contribution in [2.45, 2.75) is 38.7 Å². The van der Waals surface area contributed by atoms with E-state index in [-0.39, 0.29) is 24.5 Å². The van der Waals surface area contributed by atoms with Gasteiger partial charge in [-0.15, -0.1) is 0 Å². The molecule has 2 N–H and O–H groups in total. The minimum atomic E-state index is -3.43. The molecule has 0 aromatic heterocycles. The van der Waals surface area contributed by atoms with Crippen LogP contribution in [0.15, 0.2) is 0 Å². The second kappa shape index (κ2) is 7.17. The van der Waals surface area contributed by atoms with Gasteiger partial charge in [-0.3, -0.25) is 0 Å². The van der Waals surface area contributed by atoms with Crippen LogP contribution < -0.4 is 4.72 Å². The van der Waals surface area contributed by atoms with Crippen LogP contribution in [0.3, 0.4) is 0 Å². The predicted molar refractivity (Wildman–Crippen MR) is 76.4 cm³/mol. The highest BCUT2D eigenvalue weighted by Crippen LogP contribution is 2.23. The number of nitrogens with one attached hydrogen (secondary N) is 1. The summed E-state index contributed by atoms with van der Waals surface area (Å²) in [6, 6.07) is 0. The third-order valence-corrected chi connectivity index (χ3v) is 5.90. The Morgan fingerprint density at radius 3 is 2.90 bits per heavy atom. The second-order valence-corrected chi connectivity index (χ2v) is 7.52. The lowest BCUT2D eigenvalue weighted by atomic mass is 10.0. The van der Waals surface area contributed by atoms with Crippen molar-refractivity contribution >= 4 is 10.2 Å². The first-order valence-electron chi connectivity index (χ1n) is 7.54. The van der Waals surface area contributed by atoms with Crippen molar-refractivity contribution in [3.63, 3.8) is 0 Å². The monoisotopic (exact) mass is 306 g/mol. The van der Waals surface area contributed by atoms with E-state index in [0.717, 1.165) is 32.3 Å². The molecule has 3 unspecified atom stereocenters. The molecule has 7 heteroatoms. The summed E-state index contributed by atoms with van der Waals surface area (Å²) in [5.41, 5.74) is 0. The Kier molecular flexibility index (Phi) is 5.80. The van der Waals surface area contributed by atoms with Crippen LogP contribution in [0, 0.1) is 11.8 Å². The van der Waals surface area contributed by atoms with Gasteiger partial charge in [0, 0.05) is 38.8 Å². The standard InChI is InChI=1S/C13H26N2O4S/c1-2-13-12(5-7-19-13)8-14-20(17,18)15-6-3-4-11(9-15)10-16/h11-14,16H,2-10H2,1H3. The molecule has 2 saturated heterocycles. The number of ether oxygens (including phenoxy) is 1. The van der Waals surface area contributed by atoms with Crippen LogP contribution in [0.4, 0.5) is 0 Å². The van der Waals surface area contributed by atoms with Crippen molar-refractivity contribution in [3.05, 3.63) is 0 Å². The van der Waals surface area contributed by atoms with Gasteiger partial charge < -0.3 is 9.84 Å². The summed E-state index contributed by atoms with van der Waals surface area (Å²) in [4.78, 5) is 0. The molecule has 2 aliphatic rings.